The van der Waals surface area contributed by atoms with Crippen molar-refractivity contribution in [1.82, 2.24) is 4.90 Å². The number of hydrogen-bond donors (Lipinski definition) is 1. The summed E-state index contributed by atoms with van der Waals surface area (Å²) in [6, 6.07) is 16.8. The molecule has 4 heteroatoms. The highest BCUT2D eigenvalue weighted by Gasteiger charge is 2.31. The van der Waals surface area contributed by atoms with Gasteiger partial charge < -0.3 is 15.2 Å². The molecule has 1 aliphatic heterocycles. The van der Waals surface area contributed by atoms with E-state index in [2.05, 4.69) is 35.2 Å². The smallest absolute Gasteiger partial charge is 0.166 e. The molecule has 2 N–H and O–H groups in total. The molecule has 134 valence electrons. The van der Waals surface area contributed by atoms with Crippen LogP contribution in [-0.4, -0.2) is 37.2 Å². The monoisotopic (exact) mass is 340 g/mol. The van der Waals surface area contributed by atoms with Gasteiger partial charge in [-0.1, -0.05) is 42.5 Å². The number of hydrogen-bond acceptors (Lipinski definition) is 4. The highest BCUT2D eigenvalue weighted by Crippen LogP contribution is 2.34. The van der Waals surface area contributed by atoms with Crippen LogP contribution in [0.2, 0.25) is 0 Å². The molecule has 0 spiro atoms. The van der Waals surface area contributed by atoms with Crippen LogP contribution in [0.4, 0.5) is 0 Å². The van der Waals surface area contributed by atoms with Gasteiger partial charge in [0.25, 0.3) is 0 Å². The Kier molecular flexibility index (Phi) is 5.61. The lowest BCUT2D eigenvalue weighted by Gasteiger charge is -2.21. The van der Waals surface area contributed by atoms with Crippen molar-refractivity contribution in [3.8, 4) is 11.5 Å². The van der Waals surface area contributed by atoms with Crippen LogP contribution in [0.5, 0.6) is 11.5 Å². The summed E-state index contributed by atoms with van der Waals surface area (Å²) in [6.07, 6.45) is 0.105. The van der Waals surface area contributed by atoms with Crippen molar-refractivity contribution in [2.24, 2.45) is 5.73 Å². The summed E-state index contributed by atoms with van der Waals surface area (Å²) in [4.78, 5) is 2.41. The fraction of sp³-hybridized carbons (Fsp3) is 0.429. The quantitative estimate of drug-likeness (QED) is 0.875. The second-order valence-electron chi connectivity index (χ2n) is 6.99. The van der Waals surface area contributed by atoms with Gasteiger partial charge in [0.2, 0.25) is 0 Å². The molecule has 0 radical (unpaired) electrons. The zero-order valence-corrected chi connectivity index (χ0v) is 15.3. The maximum Gasteiger partial charge on any atom is 0.166 e. The Morgan fingerprint density at radius 2 is 1.84 bits per heavy atom. The Morgan fingerprint density at radius 3 is 2.52 bits per heavy atom. The van der Waals surface area contributed by atoms with Gasteiger partial charge in [0.15, 0.2) is 11.5 Å². The van der Waals surface area contributed by atoms with Crippen LogP contribution in [0.25, 0.3) is 0 Å². The number of rotatable bonds is 6. The molecule has 0 aromatic heterocycles. The minimum atomic E-state index is 0.105. The summed E-state index contributed by atoms with van der Waals surface area (Å²) in [5.74, 6) is 2.01. The third kappa shape index (κ3) is 4.14. The molecule has 0 unspecified atom stereocenters. The maximum absolute atomic E-state index is 6.43. The minimum absolute atomic E-state index is 0.105. The first-order chi connectivity index (χ1) is 12.1. The van der Waals surface area contributed by atoms with Crippen LogP contribution in [0.15, 0.2) is 48.5 Å². The summed E-state index contributed by atoms with van der Waals surface area (Å²) in [6.45, 7) is 6.73. The van der Waals surface area contributed by atoms with Crippen LogP contribution in [0.3, 0.4) is 0 Å². The Balaban J connectivity index is 1.77. The minimum Gasteiger partial charge on any atom is -0.493 e. The molecule has 3 rings (SSSR count). The average molecular weight is 340 g/mol. The fourth-order valence-electron chi connectivity index (χ4n) is 3.55. The van der Waals surface area contributed by atoms with E-state index in [1.165, 1.54) is 5.56 Å². The third-order valence-electron chi connectivity index (χ3n) is 4.70. The van der Waals surface area contributed by atoms with E-state index >= 15 is 0 Å². The first-order valence-corrected chi connectivity index (χ1v) is 8.94. The predicted octanol–water partition coefficient (Wildman–Crippen LogP) is 3.41. The molecule has 0 bridgehead atoms. The Morgan fingerprint density at radius 1 is 1.08 bits per heavy atom. The topological polar surface area (TPSA) is 47.7 Å². The summed E-state index contributed by atoms with van der Waals surface area (Å²) in [7, 11) is 1.68. The number of nitrogens with zero attached hydrogens (tertiary/aromatic N) is 1. The summed E-state index contributed by atoms with van der Waals surface area (Å²) < 4.78 is 11.5. The van der Waals surface area contributed by atoms with Crippen molar-refractivity contribution in [2.45, 2.75) is 38.5 Å². The van der Waals surface area contributed by atoms with Crippen molar-refractivity contribution in [3.63, 3.8) is 0 Å². The van der Waals surface area contributed by atoms with Crippen LogP contribution >= 0.6 is 0 Å². The van der Waals surface area contributed by atoms with Gasteiger partial charge in [0.1, 0.15) is 0 Å². The second kappa shape index (κ2) is 7.89. The molecule has 2 aromatic carbocycles. The molecule has 1 aliphatic rings. The van der Waals surface area contributed by atoms with Gasteiger partial charge in [0.05, 0.1) is 13.2 Å². The standard InChI is InChI=1S/C21H28N2O2/c1-15(2)25-21-17(10-7-11-20(21)24-3)12-23-13-18(19(22)14-23)16-8-5-4-6-9-16/h4-11,15,18-19H,12-14,22H2,1-3H3/t18-,19+/m0/s1. The maximum atomic E-state index is 6.43. The number of likely N-dealkylation sites (tertiary alicyclic amines) is 1. The zero-order chi connectivity index (χ0) is 17.8. The molecule has 1 saturated heterocycles. The summed E-state index contributed by atoms with van der Waals surface area (Å²) >= 11 is 0. The van der Waals surface area contributed by atoms with Crippen LogP contribution < -0.4 is 15.2 Å². The zero-order valence-electron chi connectivity index (χ0n) is 15.3. The van der Waals surface area contributed by atoms with Gasteiger partial charge in [-0.3, -0.25) is 4.90 Å². The van der Waals surface area contributed by atoms with E-state index in [9.17, 15) is 0 Å². The SMILES string of the molecule is COc1cccc(CN2C[C@@H](N)[C@H](c3ccccc3)C2)c1OC(C)C. The largest absolute Gasteiger partial charge is 0.493 e. The van der Waals surface area contributed by atoms with Crippen molar-refractivity contribution in [2.75, 3.05) is 20.2 Å². The van der Waals surface area contributed by atoms with Gasteiger partial charge in [-0.15, -0.1) is 0 Å². The first kappa shape index (κ1) is 17.8. The van der Waals surface area contributed by atoms with Crippen LogP contribution in [0, 0.1) is 0 Å². The van der Waals surface area contributed by atoms with Gasteiger partial charge in [-0.05, 0) is 25.5 Å². The van der Waals surface area contributed by atoms with E-state index in [0.717, 1.165) is 36.7 Å². The number of ether oxygens (including phenoxy) is 2. The first-order valence-electron chi connectivity index (χ1n) is 8.94. The van der Waals surface area contributed by atoms with E-state index < -0.39 is 0 Å². The van der Waals surface area contributed by atoms with Crippen LogP contribution in [0.1, 0.15) is 30.9 Å². The number of benzene rings is 2. The molecule has 1 heterocycles. The molecule has 0 amide bonds. The van der Waals surface area contributed by atoms with Crippen LogP contribution in [-0.2, 0) is 6.54 Å². The average Bonchev–Trinajstić information content (AvgIpc) is 2.97. The normalized spacial score (nSPS) is 20.8. The van der Waals surface area contributed by atoms with Gasteiger partial charge >= 0.3 is 0 Å². The molecule has 1 fully saturated rings. The lowest BCUT2D eigenvalue weighted by Crippen LogP contribution is -2.28. The lowest BCUT2D eigenvalue weighted by molar-refractivity contribution is 0.222. The van der Waals surface area contributed by atoms with Crippen molar-refractivity contribution >= 4 is 0 Å². The molecule has 2 aromatic rings. The fourth-order valence-corrected chi connectivity index (χ4v) is 3.55. The van der Waals surface area contributed by atoms with E-state index in [1.807, 2.05) is 32.0 Å². The highest BCUT2D eigenvalue weighted by atomic mass is 16.5. The third-order valence-corrected chi connectivity index (χ3v) is 4.70. The van der Waals surface area contributed by atoms with Gasteiger partial charge in [0, 0.05) is 37.2 Å². The number of nitrogens with two attached hydrogens (primary N) is 1. The Bertz CT molecular complexity index is 688. The molecule has 2 atom stereocenters. The molecule has 0 aliphatic carbocycles. The van der Waals surface area contributed by atoms with E-state index in [-0.39, 0.29) is 12.1 Å². The number of para-hydroxylation sites is 1. The molecule has 25 heavy (non-hydrogen) atoms. The molecule has 4 nitrogen and oxygen atoms in total. The molecular weight excluding hydrogens is 312 g/mol. The Hall–Kier alpha value is -2.04. The molecular formula is C21H28N2O2. The summed E-state index contributed by atoms with van der Waals surface area (Å²) in [5.41, 5.74) is 8.90. The van der Waals surface area contributed by atoms with Crippen molar-refractivity contribution in [1.29, 1.82) is 0 Å². The predicted molar refractivity (Wildman–Crippen MR) is 101 cm³/mol. The molecule has 0 saturated carbocycles. The van der Waals surface area contributed by atoms with Gasteiger partial charge in [-0.2, -0.15) is 0 Å². The van der Waals surface area contributed by atoms with E-state index in [4.69, 9.17) is 15.2 Å². The van der Waals surface area contributed by atoms with Crippen molar-refractivity contribution < 1.29 is 9.47 Å². The van der Waals surface area contributed by atoms with Gasteiger partial charge in [-0.25, -0.2) is 0 Å². The lowest BCUT2D eigenvalue weighted by atomic mass is 9.95. The van der Waals surface area contributed by atoms with E-state index in [0.29, 0.717) is 5.92 Å². The number of methoxy groups -OCH3 is 1. The summed E-state index contributed by atoms with van der Waals surface area (Å²) in [5, 5.41) is 0. The Labute approximate surface area is 150 Å². The van der Waals surface area contributed by atoms with E-state index in [1.54, 1.807) is 7.11 Å². The highest BCUT2D eigenvalue weighted by molar-refractivity contribution is 5.47. The van der Waals surface area contributed by atoms with Crippen molar-refractivity contribution in [3.05, 3.63) is 59.7 Å². The second-order valence-corrected chi connectivity index (χ2v) is 6.99.